The minimum Gasteiger partial charge on any atom is -0.138 e. The Hall–Kier alpha value is -0.00623. The van der Waals surface area contributed by atoms with Crippen LogP contribution in [0.3, 0.4) is 0 Å². The number of hydrogen-bond donors (Lipinski definition) is 0. The standard InChI is InChI=1S/C50H102Si2/c1-7-13-19-25-31-37-43-51(44-38-32-26-20-14-8-2,45-39-33-27-21-15-9-3)49-50-52(46-40-34-28-22-16-10-4,47-41-35-29-23-17-11-5)48-42-36-30-24-18-12-6/h7-48H2,1-6H3. The van der Waals surface area contributed by atoms with Gasteiger partial charge in [-0.25, -0.2) is 0 Å². The van der Waals surface area contributed by atoms with Crippen molar-refractivity contribution in [2.45, 2.75) is 309 Å². The first-order valence-corrected chi connectivity index (χ1v) is 30.4. The van der Waals surface area contributed by atoms with Crippen LogP contribution in [0, 0.1) is 11.1 Å². The lowest BCUT2D eigenvalue weighted by Gasteiger charge is -2.31. The second-order valence-electron chi connectivity index (χ2n) is 17.9. The Morgan fingerprint density at radius 1 is 0.192 bits per heavy atom. The maximum absolute atomic E-state index is 4.61. The molecule has 0 aliphatic carbocycles. The van der Waals surface area contributed by atoms with Gasteiger partial charge in [0.15, 0.2) is 0 Å². The Kier molecular flexibility index (Phi) is 40.6. The molecule has 52 heavy (non-hydrogen) atoms. The minimum atomic E-state index is -1.63. The second-order valence-corrected chi connectivity index (χ2v) is 26.5. The van der Waals surface area contributed by atoms with E-state index in [1.807, 2.05) is 0 Å². The third-order valence-corrected chi connectivity index (χ3v) is 22.1. The van der Waals surface area contributed by atoms with E-state index in [1.54, 1.807) is 0 Å². The van der Waals surface area contributed by atoms with Crippen molar-refractivity contribution < 1.29 is 0 Å². The van der Waals surface area contributed by atoms with Crippen LogP contribution in [-0.4, -0.2) is 16.1 Å². The zero-order valence-corrected chi connectivity index (χ0v) is 39.7. The van der Waals surface area contributed by atoms with Gasteiger partial charge in [0.1, 0.15) is 16.1 Å². The van der Waals surface area contributed by atoms with Crippen LogP contribution in [0.15, 0.2) is 0 Å². The summed E-state index contributed by atoms with van der Waals surface area (Å²) in [5.74, 6) is 0. The summed E-state index contributed by atoms with van der Waals surface area (Å²) in [6, 6.07) is 9.20. The summed E-state index contributed by atoms with van der Waals surface area (Å²) < 4.78 is 0. The van der Waals surface area contributed by atoms with Crippen molar-refractivity contribution in [3.05, 3.63) is 0 Å². The summed E-state index contributed by atoms with van der Waals surface area (Å²) in [4.78, 5) is 0. The molecule has 0 aromatic rings. The highest BCUT2D eigenvalue weighted by atomic mass is 28.3. The van der Waals surface area contributed by atoms with Crippen LogP contribution in [0.25, 0.3) is 0 Å². The van der Waals surface area contributed by atoms with Crippen molar-refractivity contribution in [2.75, 3.05) is 0 Å². The van der Waals surface area contributed by atoms with Gasteiger partial charge >= 0.3 is 0 Å². The topological polar surface area (TPSA) is 0 Å². The molecule has 0 aliphatic rings. The van der Waals surface area contributed by atoms with Crippen LogP contribution in [0.5, 0.6) is 0 Å². The molecule has 0 aromatic carbocycles. The lowest BCUT2D eigenvalue weighted by atomic mass is 10.1. The van der Waals surface area contributed by atoms with Gasteiger partial charge in [0.2, 0.25) is 0 Å². The summed E-state index contributed by atoms with van der Waals surface area (Å²) in [7, 11) is -3.27. The van der Waals surface area contributed by atoms with E-state index in [-0.39, 0.29) is 0 Å². The fourth-order valence-corrected chi connectivity index (χ4v) is 18.8. The first-order valence-electron chi connectivity index (χ1n) is 25.1. The van der Waals surface area contributed by atoms with Crippen molar-refractivity contribution in [1.29, 1.82) is 0 Å². The van der Waals surface area contributed by atoms with E-state index in [9.17, 15) is 0 Å². The third-order valence-electron chi connectivity index (χ3n) is 12.6. The molecule has 0 atom stereocenters. The first-order chi connectivity index (χ1) is 25.6. The van der Waals surface area contributed by atoms with Crippen molar-refractivity contribution in [1.82, 2.24) is 0 Å². The molecule has 0 bridgehead atoms. The average molecular weight is 760 g/mol. The van der Waals surface area contributed by atoms with Crippen LogP contribution >= 0.6 is 0 Å². The molecule has 0 saturated heterocycles. The fraction of sp³-hybridized carbons (Fsp3) is 0.960. The Balaban J connectivity index is 6.45. The Labute approximate surface area is 334 Å². The molecule has 0 rings (SSSR count). The average Bonchev–Trinajstić information content (AvgIpc) is 3.15. The predicted molar refractivity (Wildman–Crippen MR) is 248 cm³/mol. The molecule has 0 fully saturated rings. The van der Waals surface area contributed by atoms with Gasteiger partial charge in [0.05, 0.1) is 0 Å². The molecular formula is C50H102Si2. The highest BCUT2D eigenvalue weighted by Gasteiger charge is 2.34. The van der Waals surface area contributed by atoms with Crippen LogP contribution in [0.2, 0.25) is 36.3 Å². The van der Waals surface area contributed by atoms with Gasteiger partial charge in [-0.15, -0.1) is 11.1 Å². The molecule has 0 aromatic heterocycles. The summed E-state index contributed by atoms with van der Waals surface area (Å²) >= 11 is 0. The third kappa shape index (κ3) is 32.3. The number of rotatable bonds is 42. The summed E-state index contributed by atoms with van der Waals surface area (Å²) in [6.45, 7) is 14.2. The van der Waals surface area contributed by atoms with E-state index in [1.165, 1.54) is 267 Å². The lowest BCUT2D eigenvalue weighted by molar-refractivity contribution is 0.607. The van der Waals surface area contributed by atoms with Gasteiger partial charge in [-0.1, -0.05) is 273 Å². The van der Waals surface area contributed by atoms with E-state index in [0.717, 1.165) is 0 Å². The van der Waals surface area contributed by atoms with E-state index >= 15 is 0 Å². The van der Waals surface area contributed by atoms with E-state index in [0.29, 0.717) is 0 Å². The molecule has 2 heteroatoms. The maximum Gasteiger partial charge on any atom is 0.137 e. The molecule has 0 spiro atoms. The Morgan fingerprint density at radius 3 is 0.481 bits per heavy atom. The fourth-order valence-electron chi connectivity index (χ4n) is 8.85. The van der Waals surface area contributed by atoms with Gasteiger partial charge in [-0.3, -0.25) is 0 Å². The van der Waals surface area contributed by atoms with Gasteiger partial charge in [0, 0.05) is 0 Å². The zero-order valence-electron chi connectivity index (χ0n) is 37.7. The van der Waals surface area contributed by atoms with Crippen LogP contribution < -0.4 is 0 Å². The summed E-state index contributed by atoms with van der Waals surface area (Å²) in [5, 5.41) is 0. The molecule has 310 valence electrons. The Morgan fingerprint density at radius 2 is 0.327 bits per heavy atom. The smallest absolute Gasteiger partial charge is 0.137 e. The Bertz CT molecular complexity index is 606. The largest absolute Gasteiger partial charge is 0.138 e. The molecule has 0 N–H and O–H groups in total. The van der Waals surface area contributed by atoms with Gasteiger partial charge < -0.3 is 0 Å². The molecule has 0 unspecified atom stereocenters. The maximum atomic E-state index is 4.61. The van der Waals surface area contributed by atoms with Crippen LogP contribution in [-0.2, 0) is 0 Å². The SMILES string of the molecule is CCCCCCCC[Si](C#C[Si](CCCCCCCC)(CCCCCCCC)CCCCCCCC)(CCCCCCCC)CCCCCCCC. The highest BCUT2D eigenvalue weighted by molar-refractivity contribution is 6.92. The number of hydrogen-bond acceptors (Lipinski definition) is 0. The van der Waals surface area contributed by atoms with Crippen LogP contribution in [0.1, 0.15) is 273 Å². The van der Waals surface area contributed by atoms with Gasteiger partial charge in [-0.2, -0.15) is 0 Å². The molecule has 0 radical (unpaired) electrons. The van der Waals surface area contributed by atoms with Crippen molar-refractivity contribution in [2.24, 2.45) is 0 Å². The van der Waals surface area contributed by atoms with Crippen molar-refractivity contribution >= 4 is 16.1 Å². The number of unbranched alkanes of at least 4 members (excludes halogenated alkanes) is 30. The molecule has 0 aliphatic heterocycles. The molecule has 0 heterocycles. The van der Waals surface area contributed by atoms with E-state index < -0.39 is 16.1 Å². The van der Waals surface area contributed by atoms with Crippen molar-refractivity contribution in [3.63, 3.8) is 0 Å². The lowest BCUT2D eigenvalue weighted by Crippen LogP contribution is -2.37. The second kappa shape index (κ2) is 40.7. The molecule has 0 saturated carbocycles. The minimum absolute atomic E-state index is 1.36. The molecule has 0 nitrogen and oxygen atoms in total. The highest BCUT2D eigenvalue weighted by Crippen LogP contribution is 2.33. The predicted octanol–water partition coefficient (Wildman–Crippen LogP) is 19.1. The summed E-state index contributed by atoms with van der Waals surface area (Å²) in [6.07, 6.45) is 52.0. The van der Waals surface area contributed by atoms with Crippen molar-refractivity contribution in [3.8, 4) is 11.1 Å². The van der Waals surface area contributed by atoms with Crippen LogP contribution in [0.4, 0.5) is 0 Å². The molecule has 0 amide bonds. The van der Waals surface area contributed by atoms with Gasteiger partial charge in [0.25, 0.3) is 0 Å². The quantitative estimate of drug-likeness (QED) is 0.0330. The van der Waals surface area contributed by atoms with E-state index in [2.05, 4.69) is 52.6 Å². The summed E-state index contributed by atoms with van der Waals surface area (Å²) in [5.41, 5.74) is 9.23. The monoisotopic (exact) mass is 759 g/mol. The zero-order chi connectivity index (χ0) is 38.1. The normalized spacial score (nSPS) is 12.0. The molecular weight excluding hydrogens is 657 g/mol. The van der Waals surface area contributed by atoms with E-state index in [4.69, 9.17) is 0 Å². The first kappa shape index (κ1) is 52.0. The van der Waals surface area contributed by atoms with Gasteiger partial charge in [-0.05, 0) is 36.3 Å².